The molecule has 288 valence electrons. The minimum Gasteiger partial charge on any atom is -0.496 e. The first kappa shape index (κ1) is 40.9. The van der Waals surface area contributed by atoms with Crippen LogP contribution in [0.2, 0.25) is 0 Å². The molecule has 0 unspecified atom stereocenters. The van der Waals surface area contributed by atoms with E-state index in [1.54, 1.807) is 31.4 Å². The topological polar surface area (TPSA) is 105 Å². The number of hydrogen-bond acceptors (Lipinski definition) is 8. The van der Waals surface area contributed by atoms with Crippen LogP contribution in [0.15, 0.2) is 84.9 Å². The Bertz CT molecular complexity index is 2290. The van der Waals surface area contributed by atoms with Crippen molar-refractivity contribution in [1.82, 2.24) is 0 Å². The largest absolute Gasteiger partial charge is 0.496 e. The number of ether oxygens (including phenoxy) is 4. The van der Waals surface area contributed by atoms with Crippen molar-refractivity contribution in [2.75, 3.05) is 7.11 Å². The molecule has 0 N–H and O–H groups in total. The average molecular weight is 753 g/mol. The lowest BCUT2D eigenvalue weighted by Crippen LogP contribution is -2.13. The second-order valence-electron chi connectivity index (χ2n) is 14.5. The molecular weight excluding hydrogens is 705 g/mol. The predicted molar refractivity (Wildman–Crippen MR) is 218 cm³/mol. The Morgan fingerprint density at radius 1 is 0.446 bits per heavy atom. The zero-order valence-corrected chi connectivity index (χ0v) is 33.8. The molecule has 5 aromatic carbocycles. The number of allylic oxidation sites excluding steroid dienone is 1. The van der Waals surface area contributed by atoms with Crippen LogP contribution in [0.4, 0.5) is 0 Å². The van der Waals surface area contributed by atoms with Crippen LogP contribution < -0.4 is 18.9 Å². The molecule has 8 nitrogen and oxygen atoms in total. The molecule has 0 atom stereocenters. The van der Waals surface area contributed by atoms with Gasteiger partial charge in [-0.2, -0.15) is 0 Å². The van der Waals surface area contributed by atoms with Crippen LogP contribution in [0.5, 0.6) is 23.0 Å². The number of carbonyl (C=O) groups is 4. The minimum absolute atomic E-state index is 0.235. The van der Waals surface area contributed by atoms with E-state index in [9.17, 15) is 19.2 Å². The van der Waals surface area contributed by atoms with E-state index in [0.29, 0.717) is 34.8 Å². The number of benzene rings is 5. The van der Waals surface area contributed by atoms with Gasteiger partial charge in [-0.25, -0.2) is 14.4 Å². The fourth-order valence-corrected chi connectivity index (χ4v) is 7.21. The molecule has 0 aliphatic heterocycles. The second-order valence-corrected chi connectivity index (χ2v) is 14.5. The van der Waals surface area contributed by atoms with Gasteiger partial charge in [-0.1, -0.05) is 48.5 Å². The van der Waals surface area contributed by atoms with E-state index in [2.05, 4.69) is 12.1 Å². The summed E-state index contributed by atoms with van der Waals surface area (Å²) in [5.74, 6) is 0.456. The number of methoxy groups -OCH3 is 1. The highest BCUT2D eigenvalue weighted by atomic mass is 16.5. The fourth-order valence-electron chi connectivity index (χ4n) is 7.21. The Morgan fingerprint density at radius 3 is 1.02 bits per heavy atom. The quantitative estimate of drug-likeness (QED) is 0.0705. The third-order valence-electron chi connectivity index (χ3n) is 9.50. The third kappa shape index (κ3) is 9.87. The number of aryl methyl sites for hydroxylation is 8. The van der Waals surface area contributed by atoms with Crippen LogP contribution in [0, 0.1) is 55.4 Å². The molecule has 0 saturated heterocycles. The maximum Gasteiger partial charge on any atom is 0.343 e. The molecule has 0 heterocycles. The predicted octanol–water partition coefficient (Wildman–Crippen LogP) is 9.83. The average Bonchev–Trinajstić information content (AvgIpc) is 3.12. The maximum absolute atomic E-state index is 13.2. The third-order valence-corrected chi connectivity index (χ3v) is 9.50. The fraction of sp³-hybridized carbons (Fsp3) is 0.250. The van der Waals surface area contributed by atoms with Gasteiger partial charge in [-0.3, -0.25) is 4.79 Å². The van der Waals surface area contributed by atoms with Gasteiger partial charge in [0.2, 0.25) is 0 Å². The monoisotopic (exact) mass is 752 g/mol. The lowest BCUT2D eigenvalue weighted by atomic mass is 9.97. The first-order chi connectivity index (χ1) is 26.5. The standard InChI is InChI=1S/C48H48O8/c1-27-17-36(18-28(2)43(27)53-10)25-38-21-31(5)45(32(6)22-38)55-47(51)40-12-14-41(15-13-40)48(52)56-46-33(7)23-39(24-34(46)8)26-37-19-29(3)44(30(4)20-37)54-42(50)16-11-35(9)49/h11-24H,25-26H2,1-10H3. The zero-order chi connectivity index (χ0) is 40.8. The summed E-state index contributed by atoms with van der Waals surface area (Å²) >= 11 is 0. The molecular formula is C48H48O8. The lowest BCUT2D eigenvalue weighted by Gasteiger charge is -2.15. The van der Waals surface area contributed by atoms with Crippen molar-refractivity contribution in [3.8, 4) is 23.0 Å². The molecule has 0 aromatic heterocycles. The van der Waals surface area contributed by atoms with E-state index >= 15 is 0 Å². The highest BCUT2D eigenvalue weighted by Gasteiger charge is 2.18. The summed E-state index contributed by atoms with van der Waals surface area (Å²) in [7, 11) is 1.68. The van der Waals surface area contributed by atoms with Gasteiger partial charge in [-0.05, 0) is 172 Å². The van der Waals surface area contributed by atoms with Crippen molar-refractivity contribution in [2.45, 2.75) is 75.2 Å². The van der Waals surface area contributed by atoms with Gasteiger partial charge in [0.25, 0.3) is 0 Å². The van der Waals surface area contributed by atoms with Gasteiger partial charge in [0.05, 0.1) is 18.2 Å². The summed E-state index contributed by atoms with van der Waals surface area (Å²) in [5, 5.41) is 0. The van der Waals surface area contributed by atoms with Crippen LogP contribution in [0.1, 0.15) is 94.4 Å². The van der Waals surface area contributed by atoms with Crippen molar-refractivity contribution in [2.24, 2.45) is 0 Å². The van der Waals surface area contributed by atoms with E-state index in [0.717, 1.165) is 79.4 Å². The van der Waals surface area contributed by atoms with Gasteiger partial charge in [-0.15, -0.1) is 0 Å². The van der Waals surface area contributed by atoms with Gasteiger partial charge in [0, 0.05) is 6.08 Å². The SMILES string of the molecule is COc1c(C)cc(Cc2cc(C)c(OC(=O)c3ccc(C(=O)Oc4c(C)cc(Cc5cc(C)c(OC(=O)C=CC(C)=O)c(C)c5)cc4C)cc3)c(C)c2)cc1C. The normalized spacial score (nSPS) is 11.0. The molecule has 0 radical (unpaired) electrons. The summed E-state index contributed by atoms with van der Waals surface area (Å²) in [5.41, 5.74) is 12.1. The molecule has 8 heteroatoms. The summed E-state index contributed by atoms with van der Waals surface area (Å²) in [6.07, 6.45) is 3.65. The van der Waals surface area contributed by atoms with E-state index in [1.165, 1.54) is 18.6 Å². The van der Waals surface area contributed by atoms with E-state index in [1.807, 2.05) is 91.8 Å². The molecule has 0 aliphatic rings. The Morgan fingerprint density at radius 2 is 0.732 bits per heavy atom. The van der Waals surface area contributed by atoms with Crippen LogP contribution >= 0.6 is 0 Å². The lowest BCUT2D eigenvalue weighted by molar-refractivity contribution is -0.129. The molecule has 5 aromatic rings. The van der Waals surface area contributed by atoms with Gasteiger partial charge in [0.15, 0.2) is 5.78 Å². The second kappa shape index (κ2) is 17.5. The van der Waals surface area contributed by atoms with Gasteiger partial charge < -0.3 is 18.9 Å². The van der Waals surface area contributed by atoms with Crippen LogP contribution in [-0.2, 0) is 22.4 Å². The molecule has 0 amide bonds. The summed E-state index contributed by atoms with van der Waals surface area (Å²) < 4.78 is 22.7. The molecule has 0 spiro atoms. The highest BCUT2D eigenvalue weighted by Crippen LogP contribution is 2.32. The van der Waals surface area contributed by atoms with Crippen molar-refractivity contribution in [3.63, 3.8) is 0 Å². The molecule has 0 bridgehead atoms. The Hall–Kier alpha value is -6.28. The van der Waals surface area contributed by atoms with Gasteiger partial charge in [0.1, 0.15) is 23.0 Å². The van der Waals surface area contributed by atoms with Crippen LogP contribution in [0.3, 0.4) is 0 Å². The van der Waals surface area contributed by atoms with E-state index < -0.39 is 17.9 Å². The molecule has 5 rings (SSSR count). The van der Waals surface area contributed by atoms with E-state index in [4.69, 9.17) is 18.9 Å². The molecule has 0 fully saturated rings. The summed E-state index contributed by atoms with van der Waals surface area (Å²) in [6.45, 7) is 16.8. The Balaban J connectivity index is 1.22. The van der Waals surface area contributed by atoms with Crippen LogP contribution in [-0.4, -0.2) is 30.8 Å². The van der Waals surface area contributed by atoms with Gasteiger partial charge >= 0.3 is 17.9 Å². The molecule has 0 aliphatic carbocycles. The maximum atomic E-state index is 13.2. The smallest absolute Gasteiger partial charge is 0.343 e. The summed E-state index contributed by atoms with van der Waals surface area (Å²) in [6, 6.07) is 22.5. The number of esters is 3. The highest BCUT2D eigenvalue weighted by molar-refractivity contribution is 5.96. The van der Waals surface area contributed by atoms with E-state index in [-0.39, 0.29) is 5.78 Å². The van der Waals surface area contributed by atoms with Crippen molar-refractivity contribution < 1.29 is 38.1 Å². The number of ketones is 1. The first-order valence-corrected chi connectivity index (χ1v) is 18.4. The Kier molecular flexibility index (Phi) is 12.7. The Labute approximate surface area is 329 Å². The minimum atomic E-state index is -0.608. The van der Waals surface area contributed by atoms with Crippen LogP contribution in [0.25, 0.3) is 0 Å². The van der Waals surface area contributed by atoms with Crippen molar-refractivity contribution in [1.29, 1.82) is 0 Å². The van der Waals surface area contributed by atoms with Crippen molar-refractivity contribution in [3.05, 3.63) is 163 Å². The number of hydrogen-bond donors (Lipinski definition) is 0. The first-order valence-electron chi connectivity index (χ1n) is 18.4. The number of rotatable bonds is 12. The number of carbonyl (C=O) groups excluding carboxylic acids is 4. The zero-order valence-electron chi connectivity index (χ0n) is 33.8. The molecule has 56 heavy (non-hydrogen) atoms. The molecule has 0 saturated carbocycles. The summed E-state index contributed by atoms with van der Waals surface area (Å²) in [4.78, 5) is 49.8. The van der Waals surface area contributed by atoms with Crippen molar-refractivity contribution >= 4 is 23.7 Å².